The van der Waals surface area contributed by atoms with E-state index in [2.05, 4.69) is 13.8 Å². The fourth-order valence-electron chi connectivity index (χ4n) is 3.79. The molecule has 0 fully saturated rings. The van der Waals surface area contributed by atoms with Crippen LogP contribution in [0.4, 0.5) is 0 Å². The summed E-state index contributed by atoms with van der Waals surface area (Å²) < 4.78 is 28.5. The number of esters is 1. The van der Waals surface area contributed by atoms with Crippen molar-refractivity contribution in [3.63, 3.8) is 0 Å². The van der Waals surface area contributed by atoms with E-state index in [0.717, 1.165) is 6.42 Å². The maximum absolute atomic E-state index is 12.2. The lowest BCUT2D eigenvalue weighted by Crippen LogP contribution is -2.29. The molecule has 0 aliphatic heterocycles. The number of carbonyl (C=O) groups excluding carboxylic acids is 1. The zero-order chi connectivity index (χ0) is 26.4. The highest BCUT2D eigenvalue weighted by molar-refractivity contribution is 7.52. The molecular weight excluding hydrogens is 465 g/mol. The molecule has 35 heavy (non-hydrogen) atoms. The molecule has 0 heterocycles. The summed E-state index contributed by atoms with van der Waals surface area (Å²) in [6.45, 7) is 7.20. The van der Waals surface area contributed by atoms with Crippen LogP contribution in [0.15, 0.2) is 0 Å². The maximum Gasteiger partial charge on any atom is 0.329 e. The first-order valence-electron chi connectivity index (χ1n) is 14.1. The third-order valence-corrected chi connectivity index (χ3v) is 7.45. The van der Waals surface area contributed by atoms with Crippen LogP contribution in [0.3, 0.4) is 0 Å². The Morgan fingerprint density at radius 2 is 1.40 bits per heavy atom. The minimum Gasteiger partial charge on any atom is -0.457 e. The van der Waals surface area contributed by atoms with Crippen molar-refractivity contribution in [3.05, 3.63) is 0 Å². The van der Waals surface area contributed by atoms with Crippen LogP contribution in [-0.2, 0) is 23.4 Å². The summed E-state index contributed by atoms with van der Waals surface area (Å²) in [5.41, 5.74) is 0. The van der Waals surface area contributed by atoms with Gasteiger partial charge in [0, 0.05) is 19.6 Å². The molecule has 0 aliphatic carbocycles. The predicted octanol–water partition coefficient (Wildman–Crippen LogP) is 6.82. The molecule has 3 atom stereocenters. The topological polar surface area (TPSA) is 85.3 Å². The molecule has 210 valence electrons. The molecular formula is C27H56NO6P. The Labute approximate surface area is 216 Å². The van der Waals surface area contributed by atoms with Gasteiger partial charge in [-0.2, -0.15) is 0 Å². The summed E-state index contributed by atoms with van der Waals surface area (Å²) in [4.78, 5) is 23.5. The van der Waals surface area contributed by atoms with Crippen molar-refractivity contribution in [2.45, 2.75) is 117 Å². The van der Waals surface area contributed by atoms with E-state index in [1.54, 1.807) is 6.92 Å². The molecule has 0 saturated heterocycles. The molecule has 7 nitrogen and oxygen atoms in total. The molecule has 0 aromatic heterocycles. The van der Waals surface area contributed by atoms with Crippen LogP contribution in [0, 0.1) is 5.92 Å². The molecule has 0 aliphatic rings. The molecule has 0 radical (unpaired) electrons. The van der Waals surface area contributed by atoms with Crippen molar-refractivity contribution in [3.8, 4) is 0 Å². The first-order chi connectivity index (χ1) is 16.7. The number of nitrogens with zero attached hydrogens (tertiary/aromatic N) is 1. The summed E-state index contributed by atoms with van der Waals surface area (Å²) in [5, 5.41) is 0. The quantitative estimate of drug-likeness (QED) is 0.0802. The van der Waals surface area contributed by atoms with Crippen molar-refractivity contribution in [1.29, 1.82) is 0 Å². The van der Waals surface area contributed by atoms with E-state index in [1.165, 1.54) is 77.0 Å². The smallest absolute Gasteiger partial charge is 0.329 e. The molecule has 0 saturated carbocycles. The van der Waals surface area contributed by atoms with Gasteiger partial charge in [-0.1, -0.05) is 97.8 Å². The third-order valence-electron chi connectivity index (χ3n) is 6.14. The zero-order valence-corrected chi connectivity index (χ0v) is 24.4. The molecule has 0 bridgehead atoms. The van der Waals surface area contributed by atoms with Crippen molar-refractivity contribution >= 4 is 13.6 Å². The second kappa shape index (κ2) is 22.7. The van der Waals surface area contributed by atoms with Crippen LogP contribution in [0.25, 0.3) is 0 Å². The molecule has 0 aromatic carbocycles. The van der Waals surface area contributed by atoms with E-state index in [-0.39, 0.29) is 31.8 Å². The average Bonchev–Trinajstić information content (AvgIpc) is 2.81. The SMILES string of the molecule is CCCCCCCCCCCCCCC(C)COCC(COP(=O)(O)CCN(C)C)OC(=O)CC. The monoisotopic (exact) mass is 521 g/mol. The lowest BCUT2D eigenvalue weighted by Gasteiger charge is -2.21. The number of ether oxygens (including phenoxy) is 2. The third kappa shape index (κ3) is 23.7. The Balaban J connectivity index is 3.95. The molecule has 0 aromatic rings. The molecule has 0 amide bonds. The van der Waals surface area contributed by atoms with Crippen LogP contribution < -0.4 is 0 Å². The van der Waals surface area contributed by atoms with Gasteiger partial charge in [0.1, 0.15) is 6.10 Å². The summed E-state index contributed by atoms with van der Waals surface area (Å²) in [6.07, 6.45) is 16.9. The molecule has 3 unspecified atom stereocenters. The van der Waals surface area contributed by atoms with Gasteiger partial charge in [-0.05, 0) is 26.4 Å². The maximum atomic E-state index is 12.2. The van der Waals surface area contributed by atoms with Gasteiger partial charge in [0.2, 0.25) is 0 Å². The molecule has 1 N–H and O–H groups in total. The predicted molar refractivity (Wildman–Crippen MR) is 145 cm³/mol. The highest BCUT2D eigenvalue weighted by Crippen LogP contribution is 2.41. The van der Waals surface area contributed by atoms with Gasteiger partial charge in [-0.15, -0.1) is 0 Å². The fraction of sp³-hybridized carbons (Fsp3) is 0.963. The Hall–Kier alpha value is -0.460. The molecule has 8 heteroatoms. The Morgan fingerprint density at radius 1 is 0.857 bits per heavy atom. The average molecular weight is 522 g/mol. The van der Waals surface area contributed by atoms with Crippen molar-refractivity contribution < 1.29 is 28.3 Å². The van der Waals surface area contributed by atoms with Crippen LogP contribution in [0.5, 0.6) is 0 Å². The summed E-state index contributed by atoms with van der Waals surface area (Å²) in [7, 11) is -0.0660. The highest BCUT2D eigenvalue weighted by Gasteiger charge is 2.24. The highest BCUT2D eigenvalue weighted by atomic mass is 31.2. The van der Waals surface area contributed by atoms with Crippen LogP contribution in [0.1, 0.15) is 111 Å². The fourth-order valence-corrected chi connectivity index (χ4v) is 4.97. The normalized spacial score (nSPS) is 15.2. The summed E-state index contributed by atoms with van der Waals surface area (Å²) >= 11 is 0. The van der Waals surface area contributed by atoms with Gasteiger partial charge in [-0.3, -0.25) is 9.36 Å². The number of rotatable bonds is 25. The van der Waals surface area contributed by atoms with Gasteiger partial charge >= 0.3 is 13.6 Å². The van der Waals surface area contributed by atoms with Crippen LogP contribution >= 0.6 is 7.60 Å². The number of carbonyl (C=O) groups is 1. The van der Waals surface area contributed by atoms with Gasteiger partial charge in [-0.25, -0.2) is 0 Å². The van der Waals surface area contributed by atoms with Gasteiger partial charge < -0.3 is 23.8 Å². The van der Waals surface area contributed by atoms with E-state index in [9.17, 15) is 14.3 Å². The van der Waals surface area contributed by atoms with Gasteiger partial charge in [0.05, 0.1) is 19.4 Å². The lowest BCUT2D eigenvalue weighted by molar-refractivity contribution is -0.154. The van der Waals surface area contributed by atoms with Crippen LogP contribution in [0.2, 0.25) is 0 Å². The van der Waals surface area contributed by atoms with Gasteiger partial charge in [0.25, 0.3) is 0 Å². The first-order valence-corrected chi connectivity index (χ1v) is 15.8. The number of hydrogen-bond donors (Lipinski definition) is 1. The number of hydrogen-bond acceptors (Lipinski definition) is 6. The lowest BCUT2D eigenvalue weighted by atomic mass is 10.0. The zero-order valence-electron chi connectivity index (χ0n) is 23.5. The minimum atomic E-state index is -3.73. The van der Waals surface area contributed by atoms with Crippen molar-refractivity contribution in [2.24, 2.45) is 5.92 Å². The van der Waals surface area contributed by atoms with Crippen molar-refractivity contribution in [1.82, 2.24) is 4.90 Å². The second-order valence-corrected chi connectivity index (χ2v) is 12.2. The summed E-state index contributed by atoms with van der Waals surface area (Å²) in [6, 6.07) is 0. The van der Waals surface area contributed by atoms with E-state index >= 15 is 0 Å². The van der Waals surface area contributed by atoms with Gasteiger partial charge in [0.15, 0.2) is 0 Å². The standard InChI is InChI=1S/C27H56NO6P/c1-6-8-9-10-11-12-13-14-15-16-17-18-19-25(3)22-32-23-26(34-27(29)7-2)24-33-35(30,31)21-20-28(4)5/h25-26H,6-24H2,1-5H3,(H,30,31). The Morgan fingerprint density at radius 3 is 1.91 bits per heavy atom. The van der Waals surface area contributed by atoms with E-state index in [1.807, 2.05) is 19.0 Å². The van der Waals surface area contributed by atoms with Crippen LogP contribution in [-0.4, -0.2) is 68.5 Å². The number of unbranched alkanes of at least 4 members (excludes halogenated alkanes) is 11. The van der Waals surface area contributed by atoms with Crippen molar-refractivity contribution in [2.75, 3.05) is 46.6 Å². The minimum absolute atomic E-state index is 0.0331. The van der Waals surface area contributed by atoms with E-state index in [0.29, 0.717) is 19.1 Å². The first kappa shape index (κ1) is 34.5. The Kier molecular flexibility index (Phi) is 22.4. The van der Waals surface area contributed by atoms with E-state index in [4.69, 9.17) is 14.0 Å². The second-order valence-electron chi connectivity index (χ2n) is 10.2. The van der Waals surface area contributed by atoms with E-state index < -0.39 is 13.7 Å². The molecule has 0 spiro atoms. The largest absolute Gasteiger partial charge is 0.457 e. The molecule has 0 rings (SSSR count). The summed E-state index contributed by atoms with van der Waals surface area (Å²) in [5.74, 6) is 0.0541. The Bertz CT molecular complexity index is 546.